The van der Waals surface area contributed by atoms with E-state index in [0.717, 1.165) is 6.07 Å². The van der Waals surface area contributed by atoms with Crippen molar-refractivity contribution in [2.75, 3.05) is 45.6 Å². The molecule has 0 radical (unpaired) electrons. The van der Waals surface area contributed by atoms with Crippen LogP contribution < -0.4 is 4.74 Å². The van der Waals surface area contributed by atoms with Crippen molar-refractivity contribution in [3.63, 3.8) is 0 Å². The molecule has 1 atom stereocenters. The molecule has 33 heavy (non-hydrogen) atoms. The van der Waals surface area contributed by atoms with E-state index in [2.05, 4.69) is 36.8 Å². The highest BCUT2D eigenvalue weighted by atomic mass is 79.9. The lowest BCUT2D eigenvalue weighted by Gasteiger charge is -2.33. The number of piperazine rings is 1. The molecule has 0 aromatic heterocycles. The van der Waals surface area contributed by atoms with Crippen molar-refractivity contribution in [2.45, 2.75) is 9.15 Å². The Morgan fingerprint density at radius 2 is 1.73 bits per heavy atom. The van der Waals surface area contributed by atoms with Gasteiger partial charge in [-0.15, -0.1) is 0 Å². The number of hydrogen-bond acceptors (Lipinski definition) is 5. The van der Waals surface area contributed by atoms with Crippen molar-refractivity contribution in [1.29, 1.82) is 0 Å². The van der Waals surface area contributed by atoms with Gasteiger partial charge in [-0.3, -0.25) is 9.69 Å². The lowest BCUT2D eigenvalue weighted by molar-refractivity contribution is 0.0990. The summed E-state index contributed by atoms with van der Waals surface area (Å²) < 4.78 is 57.2. The van der Waals surface area contributed by atoms with Crippen LogP contribution in [0, 0.1) is 11.6 Å². The van der Waals surface area contributed by atoms with Crippen LogP contribution in [0.15, 0.2) is 36.4 Å². The van der Waals surface area contributed by atoms with Crippen LogP contribution in [0.3, 0.4) is 0 Å². The summed E-state index contributed by atoms with van der Waals surface area (Å²) in [5, 5.41) is 0. The average Bonchev–Trinajstić information content (AvgIpc) is 2.94. The number of hydrogen-bond donors (Lipinski definition) is 0. The van der Waals surface area contributed by atoms with Crippen molar-refractivity contribution in [3.8, 4) is 5.75 Å². The highest BCUT2D eigenvalue weighted by Gasteiger charge is 2.51. The van der Waals surface area contributed by atoms with Crippen molar-refractivity contribution in [2.24, 2.45) is 0 Å². The van der Waals surface area contributed by atoms with Gasteiger partial charge in [0.05, 0.1) is 6.26 Å². The molecule has 0 N–H and O–H groups in total. The third-order valence-electron chi connectivity index (χ3n) is 6.00. The molecule has 1 unspecified atom stereocenters. The number of Topliss-reactive ketones (excluding diaryl/α,β-unsaturated/α-hetero) is 1. The summed E-state index contributed by atoms with van der Waals surface area (Å²) in [6.07, 6.45) is 1.21. The normalized spacial score (nSPS) is 21.2. The molecule has 1 aliphatic carbocycles. The Morgan fingerprint density at radius 3 is 2.36 bits per heavy atom. The van der Waals surface area contributed by atoms with E-state index in [0.29, 0.717) is 56.2 Å². The smallest absolute Gasteiger partial charge is 0.211 e. The fraction of sp³-hybridized carbons (Fsp3) is 0.409. The lowest BCUT2D eigenvalue weighted by atomic mass is 9.92. The van der Waals surface area contributed by atoms with Gasteiger partial charge >= 0.3 is 0 Å². The fourth-order valence-corrected chi connectivity index (χ4v) is 6.50. The van der Waals surface area contributed by atoms with E-state index in [1.54, 1.807) is 18.2 Å². The van der Waals surface area contributed by atoms with Crippen LogP contribution in [0.5, 0.6) is 5.75 Å². The summed E-state index contributed by atoms with van der Waals surface area (Å²) >= 11 is 6.81. The number of halogens is 4. The average molecular weight is 608 g/mol. The summed E-state index contributed by atoms with van der Waals surface area (Å²) in [7, 11) is -3.17. The molecule has 6 nitrogen and oxygen atoms in total. The number of alkyl halides is 2. The third kappa shape index (κ3) is 5.02. The zero-order chi connectivity index (χ0) is 24.0. The highest BCUT2D eigenvalue weighted by Crippen LogP contribution is 2.54. The topological polar surface area (TPSA) is 66.9 Å². The fourth-order valence-electron chi connectivity index (χ4n) is 4.26. The molecule has 1 saturated heterocycles. The number of rotatable bonds is 6. The second-order valence-corrected chi connectivity index (χ2v) is 13.7. The molecular formula is C22H22Br2F2N2O4S. The summed E-state index contributed by atoms with van der Waals surface area (Å²) in [5.74, 6) is -1.85. The zero-order valence-electron chi connectivity index (χ0n) is 17.7. The minimum absolute atomic E-state index is 0.208. The number of carbonyl (C=O) groups excluding carboxylic acids is 1. The van der Waals surface area contributed by atoms with E-state index in [1.807, 2.05) is 0 Å². The van der Waals surface area contributed by atoms with Gasteiger partial charge in [-0.2, -0.15) is 4.31 Å². The third-order valence-corrected chi connectivity index (χ3v) is 8.93. The van der Waals surface area contributed by atoms with Crippen molar-refractivity contribution in [3.05, 3.63) is 64.7 Å². The summed E-state index contributed by atoms with van der Waals surface area (Å²) in [4.78, 5) is 15.2. The van der Waals surface area contributed by atoms with Gasteiger partial charge in [0, 0.05) is 50.3 Å². The summed E-state index contributed by atoms with van der Waals surface area (Å²) in [6.45, 7) is 3.14. The molecule has 0 amide bonds. The van der Waals surface area contributed by atoms with Gasteiger partial charge in [0.1, 0.15) is 24.0 Å². The van der Waals surface area contributed by atoms with E-state index in [1.165, 1.54) is 22.7 Å². The Kier molecular flexibility index (Phi) is 6.99. The van der Waals surface area contributed by atoms with E-state index in [4.69, 9.17) is 4.74 Å². The number of benzene rings is 2. The van der Waals surface area contributed by atoms with E-state index in [9.17, 15) is 22.0 Å². The van der Waals surface area contributed by atoms with Crippen LogP contribution in [-0.4, -0.2) is 72.2 Å². The first-order chi connectivity index (χ1) is 15.5. The number of fused-ring (bicyclic) bond motifs is 1. The zero-order valence-corrected chi connectivity index (χ0v) is 21.7. The van der Waals surface area contributed by atoms with Gasteiger partial charge in [-0.05, 0) is 29.3 Å². The molecule has 2 aliphatic rings. The molecule has 1 heterocycles. The van der Waals surface area contributed by atoms with Crippen LogP contribution in [0.2, 0.25) is 0 Å². The van der Waals surface area contributed by atoms with Crippen LogP contribution >= 0.6 is 31.9 Å². The maximum Gasteiger partial charge on any atom is 0.211 e. The Morgan fingerprint density at radius 1 is 1.06 bits per heavy atom. The molecule has 2 aromatic rings. The first-order valence-electron chi connectivity index (χ1n) is 10.3. The molecule has 0 saturated carbocycles. The van der Waals surface area contributed by atoms with Gasteiger partial charge in [-0.1, -0.05) is 44.0 Å². The number of ether oxygens (including phenoxy) is 1. The Hall–Kier alpha value is -1.40. The lowest BCUT2D eigenvalue weighted by Crippen LogP contribution is -2.49. The number of nitrogens with zero attached hydrogens (tertiary/aromatic N) is 2. The molecule has 4 rings (SSSR count). The first-order valence-corrected chi connectivity index (χ1v) is 13.7. The Balaban J connectivity index is 1.45. The molecular weight excluding hydrogens is 586 g/mol. The number of ketones is 1. The van der Waals surface area contributed by atoms with Crippen LogP contribution in [-0.2, 0) is 10.0 Å². The van der Waals surface area contributed by atoms with E-state index >= 15 is 0 Å². The molecule has 1 fully saturated rings. The summed E-state index contributed by atoms with van der Waals surface area (Å²) in [6, 6.07) is 8.42. The van der Waals surface area contributed by atoms with Crippen molar-refractivity contribution in [1.82, 2.24) is 9.21 Å². The van der Waals surface area contributed by atoms with E-state index < -0.39 is 30.8 Å². The molecule has 0 spiro atoms. The SMILES string of the molecule is CS(=O)(=O)N1CCN(CCOc2ccc3c(c2)C(=O)C(Br)(Br)C3c2ccc(F)cc2F)CC1. The van der Waals surface area contributed by atoms with Crippen molar-refractivity contribution < 1.29 is 26.7 Å². The van der Waals surface area contributed by atoms with Gasteiger partial charge in [0.25, 0.3) is 0 Å². The van der Waals surface area contributed by atoms with Crippen LogP contribution in [0.25, 0.3) is 0 Å². The molecule has 11 heteroatoms. The highest BCUT2D eigenvalue weighted by molar-refractivity contribution is 9.26. The van der Waals surface area contributed by atoms with Gasteiger partial charge in [-0.25, -0.2) is 17.2 Å². The first kappa shape index (κ1) is 24.7. The maximum atomic E-state index is 14.5. The minimum atomic E-state index is -3.17. The second-order valence-electron chi connectivity index (χ2n) is 8.15. The minimum Gasteiger partial charge on any atom is -0.492 e. The molecule has 178 valence electrons. The molecule has 1 aliphatic heterocycles. The standard InChI is InChI=1S/C22H22Br2F2N2O4S/c1-33(30,31)28-8-6-27(7-9-28)10-11-32-15-3-5-16-18(13-15)21(29)22(23,24)20(16)17-4-2-14(25)12-19(17)26/h2-5,12-13,20H,6-11H2,1H3. The van der Waals surface area contributed by atoms with Gasteiger partial charge < -0.3 is 4.74 Å². The number of sulfonamides is 1. The van der Waals surface area contributed by atoms with E-state index in [-0.39, 0.29) is 11.3 Å². The monoisotopic (exact) mass is 606 g/mol. The second kappa shape index (κ2) is 9.33. The van der Waals surface area contributed by atoms with Gasteiger partial charge in [0.15, 0.2) is 9.02 Å². The number of carbonyl (C=O) groups is 1. The predicted octanol–water partition coefficient (Wildman–Crippen LogP) is 3.74. The Labute approximate surface area is 208 Å². The maximum absolute atomic E-state index is 14.5. The van der Waals surface area contributed by atoms with Gasteiger partial charge in [0.2, 0.25) is 10.0 Å². The molecule has 2 aromatic carbocycles. The van der Waals surface area contributed by atoms with Crippen LogP contribution in [0.4, 0.5) is 8.78 Å². The quantitative estimate of drug-likeness (QED) is 0.468. The predicted molar refractivity (Wildman–Crippen MR) is 128 cm³/mol. The summed E-state index contributed by atoms with van der Waals surface area (Å²) in [5.41, 5.74) is 1.22. The Bertz CT molecular complexity index is 1180. The van der Waals surface area contributed by atoms with Crippen LogP contribution in [0.1, 0.15) is 27.4 Å². The largest absolute Gasteiger partial charge is 0.492 e. The molecule has 0 bridgehead atoms. The van der Waals surface area contributed by atoms with Crippen molar-refractivity contribution >= 4 is 47.7 Å².